The van der Waals surface area contributed by atoms with Gasteiger partial charge in [0.15, 0.2) is 0 Å². The fourth-order valence-electron chi connectivity index (χ4n) is 6.37. The zero-order valence-corrected chi connectivity index (χ0v) is 33.3. The van der Waals surface area contributed by atoms with E-state index < -0.39 is 34.7 Å². The van der Waals surface area contributed by atoms with Crippen LogP contribution in [0.4, 0.5) is 11.4 Å². The SMILES string of the molecule is NS(=O)(=O)OCC(C(=O)Nc1ccc2ccccc2c1)c1csc2ccc(Cl)cc12.O=C(Nc1ccc2ccccc2c1)C(CO)c1csc2ccc(Cl)cc12. The molecule has 6 aromatic carbocycles. The number of hydrogen-bond acceptors (Lipinski definition) is 8. The van der Waals surface area contributed by atoms with Crippen LogP contribution in [-0.2, 0) is 24.1 Å². The van der Waals surface area contributed by atoms with Crippen molar-refractivity contribution in [1.29, 1.82) is 0 Å². The Morgan fingerprint density at radius 3 is 1.55 bits per heavy atom. The fraction of sp³-hybridized carbons (Fsp3) is 0.0952. The highest BCUT2D eigenvalue weighted by Gasteiger charge is 2.27. The highest BCUT2D eigenvalue weighted by atomic mass is 35.5. The molecule has 0 bridgehead atoms. The molecule has 0 saturated carbocycles. The highest BCUT2D eigenvalue weighted by Crippen LogP contribution is 2.36. The summed E-state index contributed by atoms with van der Waals surface area (Å²) in [7, 11) is -4.21. The molecule has 8 rings (SSSR count). The minimum absolute atomic E-state index is 0.234. The summed E-state index contributed by atoms with van der Waals surface area (Å²) in [4.78, 5) is 25.9. The van der Waals surface area contributed by atoms with E-state index in [1.807, 2.05) is 109 Å². The summed E-state index contributed by atoms with van der Waals surface area (Å²) >= 11 is 15.2. The minimum Gasteiger partial charge on any atom is -0.395 e. The standard InChI is InChI=1S/C21H17ClN2O4S2.C21H16ClNO2S/c22-15-6-8-20-17(10-15)19(12-29-20)18(11-28-30(23,26)27)21(25)24-16-7-5-13-3-1-2-4-14(13)9-16;22-15-6-8-20-17(10-15)19(12-26-20)18(11-24)21(25)23-16-7-5-13-3-1-2-4-14(13)9-16/h1-10,12,18H,11H2,(H,24,25)(H2,23,26,27);1-10,12,18,24H,11H2,(H,23,25). The summed E-state index contributed by atoms with van der Waals surface area (Å²) in [6.45, 7) is -0.686. The topological polar surface area (TPSA) is 148 Å². The van der Waals surface area contributed by atoms with Gasteiger partial charge in [-0.3, -0.25) is 13.8 Å². The second-order valence-electron chi connectivity index (χ2n) is 12.8. The van der Waals surface area contributed by atoms with Gasteiger partial charge in [-0.2, -0.15) is 8.42 Å². The molecule has 14 heteroatoms. The maximum atomic E-state index is 13.1. The predicted octanol–water partition coefficient (Wildman–Crippen LogP) is 10.1. The van der Waals surface area contributed by atoms with Crippen LogP contribution in [-0.4, -0.2) is 38.6 Å². The van der Waals surface area contributed by atoms with Crippen LogP contribution in [0.3, 0.4) is 0 Å². The van der Waals surface area contributed by atoms with Gasteiger partial charge in [0.2, 0.25) is 11.8 Å². The summed E-state index contributed by atoms with van der Waals surface area (Å²) < 4.78 is 29.5. The number of nitrogens with one attached hydrogen (secondary N) is 2. The van der Waals surface area contributed by atoms with Crippen molar-refractivity contribution in [2.24, 2.45) is 5.14 Å². The molecule has 9 nitrogen and oxygen atoms in total. The van der Waals surface area contributed by atoms with Gasteiger partial charge in [-0.15, -0.1) is 22.7 Å². The summed E-state index contributed by atoms with van der Waals surface area (Å²) in [5.74, 6) is -2.19. The van der Waals surface area contributed by atoms with Gasteiger partial charge in [0.05, 0.1) is 25.0 Å². The van der Waals surface area contributed by atoms with Crippen LogP contribution < -0.4 is 15.8 Å². The lowest BCUT2D eigenvalue weighted by atomic mass is 9.98. The zero-order valence-electron chi connectivity index (χ0n) is 29.3. The summed E-state index contributed by atoms with van der Waals surface area (Å²) in [5.41, 5.74) is 2.73. The van der Waals surface area contributed by atoms with E-state index in [1.54, 1.807) is 34.9 Å². The van der Waals surface area contributed by atoms with Crippen molar-refractivity contribution in [2.45, 2.75) is 11.8 Å². The molecule has 0 aliphatic heterocycles. The van der Waals surface area contributed by atoms with Gasteiger partial charge in [0, 0.05) is 30.8 Å². The molecule has 0 radical (unpaired) electrons. The molecule has 0 saturated heterocycles. The predicted molar refractivity (Wildman–Crippen MR) is 230 cm³/mol. The first-order chi connectivity index (χ1) is 27.0. The van der Waals surface area contributed by atoms with Crippen molar-refractivity contribution in [3.63, 3.8) is 0 Å². The van der Waals surface area contributed by atoms with E-state index in [2.05, 4.69) is 10.6 Å². The van der Waals surface area contributed by atoms with E-state index in [0.29, 0.717) is 27.0 Å². The van der Waals surface area contributed by atoms with Gasteiger partial charge in [0.1, 0.15) is 0 Å². The zero-order chi connectivity index (χ0) is 39.4. The number of hydrogen-bond donors (Lipinski definition) is 4. The normalized spacial score (nSPS) is 12.6. The smallest absolute Gasteiger partial charge is 0.333 e. The molecule has 5 N–H and O–H groups in total. The molecule has 0 aliphatic carbocycles. The Hall–Kier alpha value is -4.89. The van der Waals surface area contributed by atoms with Crippen molar-refractivity contribution in [1.82, 2.24) is 0 Å². The maximum absolute atomic E-state index is 13.1. The molecule has 2 unspecified atom stereocenters. The Balaban J connectivity index is 0.000000173. The Bertz CT molecular complexity index is 2840. The molecule has 2 amide bonds. The third kappa shape index (κ3) is 9.21. The average molecular weight is 843 g/mol. The number of rotatable bonds is 10. The second kappa shape index (κ2) is 17.1. The number of amides is 2. The molecule has 0 fully saturated rings. The molecular formula is C42H33Cl2N3O6S3. The van der Waals surface area contributed by atoms with Gasteiger partial charge in [-0.1, -0.05) is 83.9 Å². The van der Waals surface area contributed by atoms with E-state index in [-0.39, 0.29) is 12.5 Å². The van der Waals surface area contributed by atoms with Crippen LogP contribution in [0.5, 0.6) is 0 Å². The number of halogens is 2. The summed E-state index contributed by atoms with van der Waals surface area (Å²) in [5, 5.41) is 31.3. The average Bonchev–Trinajstić information content (AvgIpc) is 3.78. The lowest BCUT2D eigenvalue weighted by Gasteiger charge is -2.16. The highest BCUT2D eigenvalue weighted by molar-refractivity contribution is 7.84. The third-order valence-electron chi connectivity index (χ3n) is 9.13. The quantitative estimate of drug-likeness (QED) is 0.108. The number of fused-ring (bicyclic) bond motifs is 4. The molecule has 2 atom stereocenters. The Labute approximate surface area is 340 Å². The lowest BCUT2D eigenvalue weighted by Crippen LogP contribution is -2.28. The number of anilines is 2. The molecule has 284 valence electrons. The molecule has 0 spiro atoms. The van der Waals surface area contributed by atoms with Crippen molar-refractivity contribution in [3.8, 4) is 0 Å². The number of carbonyl (C=O) groups excluding carboxylic acids is 2. The second-order valence-corrected chi connectivity index (χ2v) is 16.7. The Morgan fingerprint density at radius 2 is 1.09 bits per heavy atom. The summed E-state index contributed by atoms with van der Waals surface area (Å²) in [6, 6.07) is 38.0. The first-order valence-electron chi connectivity index (χ1n) is 17.2. The van der Waals surface area contributed by atoms with Crippen LogP contribution in [0, 0.1) is 0 Å². The van der Waals surface area contributed by atoms with E-state index in [4.69, 9.17) is 32.5 Å². The van der Waals surface area contributed by atoms with Crippen molar-refractivity contribution >= 4 is 121 Å². The fourth-order valence-corrected chi connectivity index (χ4v) is 9.03. The van der Waals surface area contributed by atoms with Crippen LogP contribution in [0.1, 0.15) is 23.0 Å². The summed E-state index contributed by atoms with van der Waals surface area (Å²) in [6.07, 6.45) is 0. The van der Waals surface area contributed by atoms with Crippen LogP contribution in [0.2, 0.25) is 10.0 Å². The van der Waals surface area contributed by atoms with E-state index >= 15 is 0 Å². The minimum atomic E-state index is -4.21. The number of carbonyl (C=O) groups is 2. The Kier molecular flexibility index (Phi) is 12.0. The third-order valence-corrected chi connectivity index (χ3v) is 12.0. The van der Waals surface area contributed by atoms with E-state index in [0.717, 1.165) is 47.3 Å². The van der Waals surface area contributed by atoms with Gasteiger partial charge in [-0.25, -0.2) is 5.14 Å². The lowest BCUT2D eigenvalue weighted by molar-refractivity contribution is -0.119. The van der Waals surface area contributed by atoms with E-state index in [9.17, 15) is 23.1 Å². The first-order valence-corrected chi connectivity index (χ1v) is 21.1. The maximum Gasteiger partial charge on any atom is 0.333 e. The number of aliphatic hydroxyl groups excluding tert-OH is 1. The van der Waals surface area contributed by atoms with Crippen LogP contribution in [0.15, 0.2) is 132 Å². The largest absolute Gasteiger partial charge is 0.395 e. The Morgan fingerprint density at radius 1 is 0.643 bits per heavy atom. The molecule has 8 aromatic rings. The molecular weight excluding hydrogens is 810 g/mol. The van der Waals surface area contributed by atoms with Crippen molar-refractivity contribution in [3.05, 3.63) is 153 Å². The van der Waals surface area contributed by atoms with Crippen molar-refractivity contribution in [2.75, 3.05) is 23.8 Å². The molecule has 0 aliphatic rings. The van der Waals surface area contributed by atoms with Gasteiger partial charge in [0.25, 0.3) is 0 Å². The van der Waals surface area contributed by atoms with Crippen molar-refractivity contribution < 1.29 is 27.3 Å². The number of benzene rings is 6. The van der Waals surface area contributed by atoms with Gasteiger partial charge >= 0.3 is 10.3 Å². The molecule has 56 heavy (non-hydrogen) atoms. The van der Waals surface area contributed by atoms with Gasteiger partial charge < -0.3 is 15.7 Å². The van der Waals surface area contributed by atoms with Gasteiger partial charge in [-0.05, 0) is 115 Å². The monoisotopic (exact) mass is 841 g/mol. The first kappa shape index (κ1) is 39.3. The van der Waals surface area contributed by atoms with Crippen LogP contribution >= 0.6 is 45.9 Å². The molecule has 2 aromatic heterocycles. The van der Waals surface area contributed by atoms with E-state index in [1.165, 1.54) is 11.3 Å². The number of thiophene rings is 2. The van der Waals surface area contributed by atoms with Crippen LogP contribution in [0.25, 0.3) is 41.7 Å². The number of aliphatic hydroxyl groups is 1. The molecule has 2 heterocycles. The number of nitrogens with two attached hydrogens (primary N) is 1.